The lowest BCUT2D eigenvalue weighted by molar-refractivity contribution is -0.294. The maximum absolute atomic E-state index is 13.2. The Balaban J connectivity index is 1.29. The Morgan fingerprint density at radius 3 is 2.39 bits per heavy atom. The van der Waals surface area contributed by atoms with Crippen molar-refractivity contribution in [1.82, 2.24) is 0 Å². The molecule has 3 saturated carbocycles. The minimum absolute atomic E-state index is 0.0697. The third kappa shape index (κ3) is 3.06. The number of rotatable bonds is 5. The first-order chi connectivity index (χ1) is 14.5. The number of allylic oxidation sites excluding steroid dienone is 2. The van der Waals surface area contributed by atoms with Crippen LogP contribution in [0, 0.1) is 41.4 Å². The highest BCUT2D eigenvalue weighted by atomic mass is 19.4. The van der Waals surface area contributed by atoms with Gasteiger partial charge in [-0.05, 0) is 31.1 Å². The van der Waals surface area contributed by atoms with E-state index in [9.17, 15) is 36.3 Å². The molecule has 4 fully saturated rings. The van der Waals surface area contributed by atoms with Crippen LogP contribution >= 0.6 is 0 Å². The zero-order valence-corrected chi connectivity index (χ0v) is 16.0. The minimum atomic E-state index is -5.87. The van der Waals surface area contributed by atoms with Crippen molar-refractivity contribution in [2.75, 3.05) is 6.61 Å². The zero-order valence-electron chi connectivity index (χ0n) is 16.0. The van der Waals surface area contributed by atoms with Crippen molar-refractivity contribution in [3.8, 4) is 0 Å². The summed E-state index contributed by atoms with van der Waals surface area (Å²) < 4.78 is 78.6. The Morgan fingerprint density at radius 1 is 1.03 bits per heavy atom. The van der Waals surface area contributed by atoms with E-state index in [-0.39, 0.29) is 18.3 Å². The molecule has 0 radical (unpaired) electrons. The van der Waals surface area contributed by atoms with Crippen LogP contribution in [0.25, 0.3) is 0 Å². The van der Waals surface area contributed by atoms with Gasteiger partial charge in [0, 0.05) is 11.8 Å². The van der Waals surface area contributed by atoms with E-state index in [1.807, 2.05) is 6.08 Å². The molecule has 1 heterocycles. The van der Waals surface area contributed by atoms with Gasteiger partial charge in [0.2, 0.25) is 0 Å². The minimum Gasteiger partial charge on any atom is -0.459 e. The van der Waals surface area contributed by atoms with Gasteiger partial charge in [-0.15, -0.1) is 0 Å². The Morgan fingerprint density at radius 2 is 1.77 bits per heavy atom. The predicted octanol–water partition coefficient (Wildman–Crippen LogP) is 2.66. The lowest BCUT2D eigenvalue weighted by atomic mass is 9.78. The van der Waals surface area contributed by atoms with Crippen molar-refractivity contribution in [1.29, 1.82) is 0 Å². The number of alkyl halides is 5. The van der Waals surface area contributed by atoms with Crippen LogP contribution in [-0.2, 0) is 28.6 Å². The van der Waals surface area contributed by atoms with E-state index in [0.29, 0.717) is 12.3 Å². The Bertz CT molecular complexity index is 853. The third-order valence-electron chi connectivity index (χ3n) is 7.46. The first kappa shape index (κ1) is 20.7. The maximum atomic E-state index is 13.2. The van der Waals surface area contributed by atoms with E-state index in [4.69, 9.17) is 9.47 Å². The predicted molar refractivity (Wildman–Crippen MR) is 89.1 cm³/mol. The van der Waals surface area contributed by atoms with Crippen LogP contribution in [0.15, 0.2) is 12.2 Å². The normalized spacial score (nSPS) is 42.2. The van der Waals surface area contributed by atoms with Gasteiger partial charge in [-0.1, -0.05) is 12.2 Å². The van der Waals surface area contributed by atoms with Crippen LogP contribution in [0.4, 0.5) is 22.0 Å². The molecule has 4 bridgehead atoms. The average molecular weight is 450 g/mol. The summed E-state index contributed by atoms with van der Waals surface area (Å²) in [5, 5.41) is 0. The molecule has 1 saturated heterocycles. The second-order valence-electron chi connectivity index (χ2n) is 9.11. The fourth-order valence-corrected chi connectivity index (χ4v) is 6.08. The van der Waals surface area contributed by atoms with Gasteiger partial charge in [0.1, 0.15) is 12.2 Å². The summed E-state index contributed by atoms with van der Waals surface area (Å²) in [6.45, 7) is -2.17. The molecule has 170 valence electrons. The molecular weight excluding hydrogens is 431 g/mol. The van der Waals surface area contributed by atoms with Crippen molar-refractivity contribution >= 4 is 17.9 Å². The van der Waals surface area contributed by atoms with Crippen LogP contribution in [-0.4, -0.2) is 48.8 Å². The van der Waals surface area contributed by atoms with Gasteiger partial charge < -0.3 is 14.2 Å². The van der Waals surface area contributed by atoms with Gasteiger partial charge in [-0.3, -0.25) is 14.4 Å². The van der Waals surface area contributed by atoms with E-state index in [1.54, 1.807) is 0 Å². The van der Waals surface area contributed by atoms with E-state index in [2.05, 4.69) is 10.8 Å². The zero-order chi connectivity index (χ0) is 22.3. The standard InChI is InChI=1S/C20H19F5O6/c21-19(22,20(23,24)25)6-29-17(27)12-10-5-11-13(12)18(28)31-15(11)14(10)30-16(26)9-4-7-1-2-8(9)3-7/h1-2,7-15H,3-6H2. The van der Waals surface area contributed by atoms with Gasteiger partial charge in [0.25, 0.3) is 0 Å². The van der Waals surface area contributed by atoms with Crippen molar-refractivity contribution < 1.29 is 50.5 Å². The van der Waals surface area contributed by atoms with Gasteiger partial charge in [0.15, 0.2) is 6.61 Å². The second kappa shape index (κ2) is 6.65. The summed E-state index contributed by atoms with van der Waals surface area (Å²) in [7, 11) is 0. The first-order valence-corrected chi connectivity index (χ1v) is 10.2. The largest absolute Gasteiger partial charge is 0.459 e. The molecule has 9 atom stereocenters. The van der Waals surface area contributed by atoms with Crippen LogP contribution in [0.3, 0.4) is 0 Å². The molecule has 1 aliphatic heterocycles. The first-order valence-electron chi connectivity index (χ1n) is 10.2. The number of halogens is 5. The Labute approximate surface area is 173 Å². The summed E-state index contributed by atoms with van der Waals surface area (Å²) >= 11 is 0. The number of fused-ring (bicyclic) bond motifs is 3. The van der Waals surface area contributed by atoms with E-state index in [0.717, 1.165) is 6.42 Å². The van der Waals surface area contributed by atoms with Crippen LogP contribution in [0.2, 0.25) is 0 Å². The van der Waals surface area contributed by atoms with Gasteiger partial charge in [-0.25, -0.2) is 0 Å². The van der Waals surface area contributed by atoms with E-state index in [1.165, 1.54) is 0 Å². The number of ether oxygens (including phenoxy) is 3. The SMILES string of the molecule is O=C(OC1C2CC3C1OC(=O)C3C2C(=O)OCC(F)(F)C(F)(F)F)C1CC2C=CC1C2. The molecule has 5 rings (SSSR count). The van der Waals surface area contributed by atoms with E-state index < -0.39 is 72.5 Å². The number of hydrogen-bond donors (Lipinski definition) is 0. The van der Waals surface area contributed by atoms with Crippen molar-refractivity contribution in [2.45, 2.75) is 43.6 Å². The molecule has 11 heteroatoms. The van der Waals surface area contributed by atoms with Crippen LogP contribution < -0.4 is 0 Å². The fourth-order valence-electron chi connectivity index (χ4n) is 6.08. The molecule has 0 N–H and O–H groups in total. The van der Waals surface area contributed by atoms with Gasteiger partial charge in [0.05, 0.1) is 17.8 Å². The molecule has 0 spiro atoms. The summed E-state index contributed by atoms with van der Waals surface area (Å²) in [5.74, 6) is -11.2. The molecule has 5 aliphatic rings. The molecule has 0 aromatic carbocycles. The molecule has 0 amide bonds. The van der Waals surface area contributed by atoms with Crippen molar-refractivity contribution in [2.24, 2.45) is 41.4 Å². The maximum Gasteiger partial charge on any atom is 0.456 e. The third-order valence-corrected chi connectivity index (χ3v) is 7.46. The van der Waals surface area contributed by atoms with E-state index >= 15 is 0 Å². The molecule has 0 aromatic heterocycles. The fraction of sp³-hybridized carbons (Fsp3) is 0.750. The van der Waals surface area contributed by atoms with Gasteiger partial charge >= 0.3 is 30.0 Å². The lowest BCUT2D eigenvalue weighted by Gasteiger charge is -2.31. The van der Waals surface area contributed by atoms with Crippen molar-refractivity contribution in [3.05, 3.63) is 12.2 Å². The number of carbonyl (C=O) groups excluding carboxylic acids is 3. The number of hydrogen-bond acceptors (Lipinski definition) is 6. The van der Waals surface area contributed by atoms with Crippen LogP contribution in [0.5, 0.6) is 0 Å². The number of esters is 3. The molecular formula is C20H19F5O6. The van der Waals surface area contributed by atoms with Crippen LogP contribution in [0.1, 0.15) is 19.3 Å². The molecule has 0 aromatic rings. The Kier molecular flexibility index (Phi) is 4.44. The summed E-state index contributed by atoms with van der Waals surface area (Å²) in [6, 6.07) is 0. The highest BCUT2D eigenvalue weighted by molar-refractivity contribution is 5.86. The average Bonchev–Trinajstić information content (AvgIpc) is 3.47. The highest BCUT2D eigenvalue weighted by Crippen LogP contribution is 2.59. The summed E-state index contributed by atoms with van der Waals surface area (Å²) in [6.07, 6.45) is -1.75. The topological polar surface area (TPSA) is 78.9 Å². The molecule has 4 aliphatic carbocycles. The van der Waals surface area contributed by atoms with Crippen molar-refractivity contribution in [3.63, 3.8) is 0 Å². The molecule has 9 unspecified atom stereocenters. The summed E-state index contributed by atoms with van der Waals surface area (Å²) in [4.78, 5) is 37.4. The van der Waals surface area contributed by atoms with Gasteiger partial charge in [-0.2, -0.15) is 22.0 Å². The highest BCUT2D eigenvalue weighted by Gasteiger charge is 2.70. The monoisotopic (exact) mass is 450 g/mol. The lowest BCUT2D eigenvalue weighted by Crippen LogP contribution is -2.46. The Hall–Kier alpha value is -2.20. The molecule has 31 heavy (non-hydrogen) atoms. The second-order valence-corrected chi connectivity index (χ2v) is 9.11. The summed E-state index contributed by atoms with van der Waals surface area (Å²) in [5.41, 5.74) is 0. The quantitative estimate of drug-likeness (QED) is 0.277. The number of carbonyl (C=O) groups is 3. The molecule has 6 nitrogen and oxygen atoms in total. The smallest absolute Gasteiger partial charge is 0.456 e.